The number of nitrogens with zero attached hydrogens (tertiary/aromatic N) is 2. The third-order valence-corrected chi connectivity index (χ3v) is 12.1. The van der Waals surface area contributed by atoms with Gasteiger partial charge in [-0.2, -0.15) is 0 Å². The van der Waals surface area contributed by atoms with Crippen molar-refractivity contribution >= 4 is 75.8 Å². The number of guanidine groups is 2. The van der Waals surface area contributed by atoms with Crippen molar-refractivity contribution in [2.24, 2.45) is 44.4 Å². The lowest BCUT2D eigenvalue weighted by molar-refractivity contribution is -0.135. The van der Waals surface area contributed by atoms with E-state index in [1.165, 1.54) is 6.92 Å². The zero-order chi connectivity index (χ0) is 55.0. The first kappa shape index (κ1) is 59.1. The van der Waals surface area contributed by atoms with Crippen molar-refractivity contribution in [2.45, 2.75) is 120 Å². The average molecular weight is 1040 g/mol. The number of aromatic amines is 1. The van der Waals surface area contributed by atoms with E-state index in [0.717, 1.165) is 10.9 Å². The fourth-order valence-electron chi connectivity index (χ4n) is 8.27. The number of carbonyl (C=O) groups excluding carboxylic acids is 8. The van der Waals surface area contributed by atoms with Crippen LogP contribution in [-0.2, 0) is 51.2 Å². The standard InChI is InChI=1S/C49H74N18O8/c1-27(51)33-13-6-20-57-41(69)17-16-37(64-42(70)35(61-28(2)68)14-7-21-58-48(53)54)44(72)65-38(18-19-50)45(73)66-39(24-29-9-5-10-31(52)23-29)46(74)63-36(15-8-22-59-49(55)56)43(71)67-40(47(75)62-33)25-30-26-60-34-12-4-3-11-32(30)34/h3-5,9-12,23,26,33,35-40,60H,1,6-8,13-22,24-25,50-52H2,2H3,(H,57,69)(H,61,68)(H,62,75)(H,63,74)(H,64,70)(H,65,72)(H,66,73)(H,67,71)(H4,53,54,58)(H4,55,56,59)/t33?,35-,36-,37-,38-,39+,40-/m0/s1. The van der Waals surface area contributed by atoms with Gasteiger partial charge in [0.2, 0.25) is 47.3 Å². The van der Waals surface area contributed by atoms with Crippen LogP contribution in [0.1, 0.15) is 75.8 Å². The van der Waals surface area contributed by atoms with Gasteiger partial charge in [-0.25, -0.2) is 0 Å². The Hall–Kier alpha value is -8.42. The van der Waals surface area contributed by atoms with Crippen LogP contribution in [0.4, 0.5) is 5.69 Å². The lowest BCUT2D eigenvalue weighted by Gasteiger charge is -2.28. The number of para-hydroxylation sites is 1. The number of H-pyrrole nitrogens is 1. The molecule has 23 N–H and O–H groups in total. The molecular weight excluding hydrogens is 969 g/mol. The lowest BCUT2D eigenvalue weighted by Crippen LogP contribution is -2.60. The zero-order valence-corrected chi connectivity index (χ0v) is 42.3. The highest BCUT2D eigenvalue weighted by molar-refractivity contribution is 5.97. The normalized spacial score (nSPS) is 21.1. The van der Waals surface area contributed by atoms with Gasteiger partial charge in [-0.1, -0.05) is 36.9 Å². The molecule has 1 fully saturated rings. The number of hydrogen-bond donors (Lipinski definition) is 16. The van der Waals surface area contributed by atoms with Crippen molar-refractivity contribution in [3.63, 3.8) is 0 Å². The van der Waals surface area contributed by atoms with Gasteiger partial charge in [0.15, 0.2) is 11.9 Å². The quantitative estimate of drug-likeness (QED) is 0.0255. The molecule has 0 bridgehead atoms. The average Bonchev–Trinajstić information content (AvgIpc) is 3.76. The van der Waals surface area contributed by atoms with Gasteiger partial charge in [0.25, 0.3) is 0 Å². The Balaban J connectivity index is 1.77. The van der Waals surface area contributed by atoms with Gasteiger partial charge in [-0.05, 0) is 87.2 Å². The molecule has 75 heavy (non-hydrogen) atoms. The molecule has 1 aliphatic heterocycles. The number of nitrogens with one attached hydrogen (secondary N) is 9. The van der Waals surface area contributed by atoms with Gasteiger partial charge in [-0.3, -0.25) is 48.3 Å². The number of fused-ring (bicyclic) bond motifs is 1. The summed E-state index contributed by atoms with van der Waals surface area (Å²) in [6.45, 7) is 5.24. The van der Waals surface area contributed by atoms with Gasteiger partial charge in [-0.15, -0.1) is 0 Å². The first-order chi connectivity index (χ1) is 35.7. The Labute approximate surface area is 434 Å². The summed E-state index contributed by atoms with van der Waals surface area (Å²) < 4.78 is 0. The molecule has 26 heteroatoms. The highest BCUT2D eigenvalue weighted by Crippen LogP contribution is 2.20. The number of anilines is 1. The van der Waals surface area contributed by atoms with E-state index in [1.54, 1.807) is 30.5 Å². The van der Waals surface area contributed by atoms with Crippen LogP contribution in [0.15, 0.2) is 77.0 Å². The van der Waals surface area contributed by atoms with E-state index in [2.05, 4.69) is 64.1 Å². The van der Waals surface area contributed by atoms with E-state index in [9.17, 15) is 38.4 Å². The monoisotopic (exact) mass is 1040 g/mol. The minimum atomic E-state index is -1.45. The van der Waals surface area contributed by atoms with Gasteiger partial charge in [0.1, 0.15) is 36.3 Å². The predicted octanol–water partition coefficient (Wildman–Crippen LogP) is -3.43. The summed E-state index contributed by atoms with van der Waals surface area (Å²) in [6, 6.07) is 5.10. The Bertz CT molecular complexity index is 2540. The number of aromatic nitrogens is 1. The molecule has 4 rings (SSSR count). The highest BCUT2D eigenvalue weighted by Gasteiger charge is 2.34. The lowest BCUT2D eigenvalue weighted by atomic mass is 10.0. The van der Waals surface area contributed by atoms with Crippen LogP contribution in [0, 0.1) is 0 Å². The summed E-state index contributed by atoms with van der Waals surface area (Å²) in [6.07, 6.45) is 1.77. The number of amides is 8. The number of benzene rings is 2. The second-order valence-corrected chi connectivity index (χ2v) is 18.2. The summed E-state index contributed by atoms with van der Waals surface area (Å²) in [5.74, 6) is -6.17. The van der Waals surface area contributed by atoms with Crippen molar-refractivity contribution in [1.29, 1.82) is 0 Å². The Morgan fingerprint density at radius 2 is 1.36 bits per heavy atom. The number of aliphatic imine (C=N–C) groups is 2. The molecule has 408 valence electrons. The summed E-state index contributed by atoms with van der Waals surface area (Å²) in [5, 5.41) is 22.6. The van der Waals surface area contributed by atoms with Crippen molar-refractivity contribution in [3.8, 4) is 0 Å². The molecule has 1 unspecified atom stereocenters. The third kappa shape index (κ3) is 20.2. The van der Waals surface area contributed by atoms with Crippen LogP contribution in [0.2, 0.25) is 0 Å². The molecule has 2 heterocycles. The number of rotatable bonds is 18. The van der Waals surface area contributed by atoms with Crippen LogP contribution in [-0.4, -0.2) is 133 Å². The summed E-state index contributed by atoms with van der Waals surface area (Å²) in [5.41, 5.74) is 42.8. The molecule has 26 nitrogen and oxygen atoms in total. The largest absolute Gasteiger partial charge is 0.401 e. The number of nitrogen functional groups attached to an aromatic ring is 1. The number of nitrogens with two attached hydrogens (primary N) is 7. The van der Waals surface area contributed by atoms with E-state index in [0.29, 0.717) is 16.8 Å². The first-order valence-corrected chi connectivity index (χ1v) is 24.7. The maximum Gasteiger partial charge on any atom is 0.243 e. The topological polar surface area (TPSA) is 455 Å². The Morgan fingerprint density at radius 1 is 0.747 bits per heavy atom. The van der Waals surface area contributed by atoms with E-state index in [1.807, 2.05) is 24.3 Å². The fraction of sp³-hybridized carbons (Fsp3) is 0.469. The van der Waals surface area contributed by atoms with E-state index in [4.69, 9.17) is 40.1 Å². The van der Waals surface area contributed by atoms with Crippen molar-refractivity contribution in [1.82, 2.24) is 47.5 Å². The molecule has 3 aromatic rings. The second kappa shape index (κ2) is 29.9. The maximum absolute atomic E-state index is 14.6. The maximum atomic E-state index is 14.6. The van der Waals surface area contributed by atoms with Gasteiger partial charge >= 0.3 is 0 Å². The second-order valence-electron chi connectivity index (χ2n) is 18.2. The van der Waals surface area contributed by atoms with E-state index >= 15 is 0 Å². The van der Waals surface area contributed by atoms with Crippen molar-refractivity contribution in [3.05, 3.63) is 78.1 Å². The highest BCUT2D eigenvalue weighted by atomic mass is 16.2. The SMILES string of the molecule is C=C(N)C1CCCNC(=O)CC[C@H](NC(=O)[C@H](CCCN=C(N)N)NC(C)=O)C(=O)N[C@@H](CCN)C(=O)N[C@H](Cc2cccc(N)c2)C(=O)N[C@@H](CCCN=C(N)N)C(=O)N[C@@H](Cc2c[nH]c3ccccc23)C(=O)N1. The molecular formula is C49H74N18O8. The fourth-order valence-corrected chi connectivity index (χ4v) is 8.27. The molecule has 2 aromatic carbocycles. The summed E-state index contributed by atoms with van der Waals surface area (Å²) in [4.78, 5) is 123. The third-order valence-electron chi connectivity index (χ3n) is 12.1. The van der Waals surface area contributed by atoms with Crippen molar-refractivity contribution < 1.29 is 38.4 Å². The molecule has 1 aromatic heterocycles. The summed E-state index contributed by atoms with van der Waals surface area (Å²) >= 11 is 0. The van der Waals surface area contributed by atoms with Crippen LogP contribution in [0.25, 0.3) is 10.9 Å². The molecule has 0 aliphatic carbocycles. The number of hydrogen-bond acceptors (Lipinski definition) is 13. The molecule has 0 radical (unpaired) electrons. The van der Waals surface area contributed by atoms with Crippen LogP contribution in [0.5, 0.6) is 0 Å². The van der Waals surface area contributed by atoms with Gasteiger partial charge in [0.05, 0.1) is 6.04 Å². The molecule has 7 atom stereocenters. The molecule has 0 saturated carbocycles. The predicted molar refractivity (Wildman–Crippen MR) is 284 cm³/mol. The smallest absolute Gasteiger partial charge is 0.243 e. The molecule has 0 spiro atoms. The molecule has 8 amide bonds. The summed E-state index contributed by atoms with van der Waals surface area (Å²) in [7, 11) is 0. The minimum Gasteiger partial charge on any atom is -0.401 e. The van der Waals surface area contributed by atoms with Crippen LogP contribution >= 0.6 is 0 Å². The van der Waals surface area contributed by atoms with Crippen molar-refractivity contribution in [2.75, 3.05) is 31.9 Å². The van der Waals surface area contributed by atoms with Gasteiger partial charge < -0.3 is 87.7 Å². The number of carbonyl (C=O) groups is 8. The minimum absolute atomic E-state index is 0.00673. The first-order valence-electron chi connectivity index (χ1n) is 24.7. The van der Waals surface area contributed by atoms with E-state index in [-0.39, 0.29) is 114 Å². The van der Waals surface area contributed by atoms with Crippen LogP contribution < -0.4 is 82.7 Å². The molecule has 1 saturated heterocycles. The van der Waals surface area contributed by atoms with Gasteiger partial charge in [0, 0.05) is 74.3 Å². The molecule has 1 aliphatic rings. The Kier molecular flexibility index (Phi) is 23.6. The Morgan fingerprint density at radius 3 is 2.01 bits per heavy atom. The van der Waals surface area contributed by atoms with E-state index < -0.39 is 89.6 Å². The van der Waals surface area contributed by atoms with Crippen LogP contribution in [0.3, 0.4) is 0 Å². The zero-order valence-electron chi connectivity index (χ0n) is 42.3.